The predicted molar refractivity (Wildman–Crippen MR) is 123 cm³/mol. The first-order valence-electron chi connectivity index (χ1n) is 10.4. The molecule has 0 aliphatic carbocycles. The van der Waals surface area contributed by atoms with Gasteiger partial charge in [-0.1, -0.05) is 30.3 Å². The van der Waals surface area contributed by atoms with Crippen molar-refractivity contribution in [1.29, 1.82) is 0 Å². The van der Waals surface area contributed by atoms with Crippen molar-refractivity contribution in [3.05, 3.63) is 77.7 Å². The van der Waals surface area contributed by atoms with E-state index in [0.29, 0.717) is 17.8 Å². The van der Waals surface area contributed by atoms with Crippen LogP contribution >= 0.6 is 0 Å². The number of nitrogens with two attached hydrogens (primary N) is 1. The minimum absolute atomic E-state index is 0.0653. The summed E-state index contributed by atoms with van der Waals surface area (Å²) in [6.07, 6.45) is 1.71. The second-order valence-electron chi connectivity index (χ2n) is 8.71. The van der Waals surface area contributed by atoms with Gasteiger partial charge in [0.2, 0.25) is 5.91 Å². The van der Waals surface area contributed by atoms with Crippen LogP contribution in [-0.2, 0) is 16.9 Å². The number of guanidine groups is 1. The number of halogens is 1. The highest BCUT2D eigenvalue weighted by Crippen LogP contribution is 2.47. The van der Waals surface area contributed by atoms with Gasteiger partial charge in [0.15, 0.2) is 5.96 Å². The van der Waals surface area contributed by atoms with Crippen molar-refractivity contribution in [3.63, 3.8) is 0 Å². The molecule has 3 aromatic rings. The Bertz CT molecular complexity index is 1190. The maximum absolute atomic E-state index is 15.1. The van der Waals surface area contributed by atoms with Crippen LogP contribution in [-0.4, -0.2) is 33.6 Å². The lowest BCUT2D eigenvalue weighted by atomic mass is 9.67. The number of benzene rings is 2. The Morgan fingerprint density at radius 2 is 1.81 bits per heavy atom. The van der Waals surface area contributed by atoms with Gasteiger partial charge in [0.25, 0.3) is 0 Å². The average molecular weight is 435 g/mol. The van der Waals surface area contributed by atoms with Crippen LogP contribution in [0, 0.1) is 11.2 Å². The molecule has 166 valence electrons. The summed E-state index contributed by atoms with van der Waals surface area (Å²) in [5.41, 5.74) is 5.90. The molecule has 32 heavy (non-hydrogen) atoms. The Balaban J connectivity index is 1.69. The van der Waals surface area contributed by atoms with E-state index in [0.717, 1.165) is 11.4 Å². The van der Waals surface area contributed by atoms with Gasteiger partial charge >= 0.3 is 0 Å². The maximum Gasteiger partial charge on any atom is 0.237 e. The third-order valence-electron chi connectivity index (χ3n) is 6.39. The third-order valence-corrected chi connectivity index (χ3v) is 6.39. The number of aliphatic imine (C=N–C) groups is 1. The quantitative estimate of drug-likeness (QED) is 0.639. The molecule has 0 fully saturated rings. The molecular formula is C24H27FN6O. The lowest BCUT2D eigenvalue weighted by Gasteiger charge is -2.46. The first kappa shape index (κ1) is 21.5. The fourth-order valence-corrected chi connectivity index (χ4v) is 4.02. The van der Waals surface area contributed by atoms with Gasteiger partial charge in [0, 0.05) is 24.4 Å². The van der Waals surface area contributed by atoms with E-state index in [1.165, 1.54) is 11.0 Å². The Hall–Kier alpha value is -3.68. The number of amides is 1. The van der Waals surface area contributed by atoms with Gasteiger partial charge in [-0.15, -0.1) is 0 Å². The van der Waals surface area contributed by atoms with E-state index < -0.39 is 16.8 Å². The Labute approximate surface area is 186 Å². The monoisotopic (exact) mass is 434 g/mol. The van der Waals surface area contributed by atoms with Crippen molar-refractivity contribution in [1.82, 2.24) is 14.7 Å². The molecule has 0 unspecified atom stereocenters. The van der Waals surface area contributed by atoms with Gasteiger partial charge in [0.05, 0.1) is 18.2 Å². The highest BCUT2D eigenvalue weighted by atomic mass is 19.1. The fourth-order valence-electron chi connectivity index (χ4n) is 4.02. The lowest BCUT2D eigenvalue weighted by molar-refractivity contribution is -0.140. The van der Waals surface area contributed by atoms with Crippen LogP contribution in [0.3, 0.4) is 0 Å². The molecule has 1 amide bonds. The number of rotatable bonds is 5. The highest BCUT2D eigenvalue weighted by molar-refractivity contribution is 6.01. The van der Waals surface area contributed by atoms with Crippen LogP contribution in [0.2, 0.25) is 0 Å². The van der Waals surface area contributed by atoms with Crippen LogP contribution in [0.15, 0.2) is 65.8 Å². The molecule has 0 radical (unpaired) electrons. The van der Waals surface area contributed by atoms with Gasteiger partial charge in [-0.05, 0) is 44.5 Å². The Morgan fingerprint density at radius 3 is 2.53 bits per heavy atom. The molecule has 2 aromatic carbocycles. The van der Waals surface area contributed by atoms with Gasteiger partial charge in [-0.25, -0.2) is 14.1 Å². The molecule has 1 aromatic heterocycles. The number of carbonyl (C=O) groups is 1. The third kappa shape index (κ3) is 3.51. The second kappa shape index (κ2) is 7.78. The van der Waals surface area contributed by atoms with Crippen LogP contribution in [0.4, 0.5) is 15.9 Å². The zero-order chi connectivity index (χ0) is 23.1. The summed E-state index contributed by atoms with van der Waals surface area (Å²) in [7, 11) is 1.57. The largest absolute Gasteiger partial charge is 0.369 e. The average Bonchev–Trinajstić information content (AvgIpc) is 3.19. The van der Waals surface area contributed by atoms with Gasteiger partial charge in [-0.3, -0.25) is 9.69 Å². The summed E-state index contributed by atoms with van der Waals surface area (Å²) in [5.74, 6) is 0.165. The predicted octanol–water partition coefficient (Wildman–Crippen LogP) is 3.84. The number of nitrogens with one attached hydrogen (secondary N) is 1. The van der Waals surface area contributed by atoms with E-state index in [9.17, 15) is 4.79 Å². The summed E-state index contributed by atoms with van der Waals surface area (Å²) in [4.78, 5) is 18.8. The van der Waals surface area contributed by atoms with Crippen LogP contribution in [0.5, 0.6) is 0 Å². The number of nitrogens with zero attached hydrogens (tertiary/aromatic N) is 4. The fraction of sp³-hybridized carbons (Fsp3) is 0.292. The topological polar surface area (TPSA) is 88.5 Å². The first-order chi connectivity index (χ1) is 15.1. The molecule has 3 N–H and O–H groups in total. The van der Waals surface area contributed by atoms with Crippen molar-refractivity contribution in [2.24, 2.45) is 16.1 Å². The number of carbonyl (C=O) groups excluding carboxylic acids is 1. The number of hydrogen-bond donors (Lipinski definition) is 2. The molecule has 1 aliphatic heterocycles. The van der Waals surface area contributed by atoms with Gasteiger partial charge < -0.3 is 11.1 Å². The minimum Gasteiger partial charge on any atom is -0.369 e. The molecule has 0 saturated heterocycles. The summed E-state index contributed by atoms with van der Waals surface area (Å²) in [6.45, 7) is 5.86. The summed E-state index contributed by atoms with van der Waals surface area (Å²) < 4.78 is 16.9. The lowest BCUT2D eigenvalue weighted by Crippen LogP contribution is -2.58. The van der Waals surface area contributed by atoms with E-state index in [1.807, 2.05) is 41.1 Å². The van der Waals surface area contributed by atoms with E-state index in [4.69, 9.17) is 5.73 Å². The number of hydrogen-bond acceptors (Lipinski definition) is 5. The number of anilines is 2. The molecule has 1 atom stereocenters. The highest BCUT2D eigenvalue weighted by Gasteiger charge is 2.53. The van der Waals surface area contributed by atoms with Gasteiger partial charge in [0.1, 0.15) is 17.2 Å². The van der Waals surface area contributed by atoms with Crippen molar-refractivity contribution in [2.45, 2.75) is 32.9 Å². The Kier molecular flexibility index (Phi) is 5.24. The van der Waals surface area contributed by atoms with Crippen LogP contribution in [0.25, 0.3) is 0 Å². The molecule has 0 bridgehead atoms. The first-order valence-corrected chi connectivity index (χ1v) is 10.4. The zero-order valence-corrected chi connectivity index (χ0v) is 18.6. The molecule has 4 rings (SSSR count). The van der Waals surface area contributed by atoms with E-state index in [2.05, 4.69) is 15.4 Å². The smallest absolute Gasteiger partial charge is 0.237 e. The molecule has 0 saturated carbocycles. The second-order valence-corrected chi connectivity index (χ2v) is 8.71. The van der Waals surface area contributed by atoms with E-state index in [1.54, 1.807) is 46.1 Å². The minimum atomic E-state index is -1.17. The number of aromatic nitrogens is 2. The van der Waals surface area contributed by atoms with Crippen molar-refractivity contribution in [2.75, 3.05) is 12.4 Å². The summed E-state index contributed by atoms with van der Waals surface area (Å²) in [5, 5.41) is 7.71. The van der Waals surface area contributed by atoms with E-state index >= 15 is 4.39 Å². The van der Waals surface area contributed by atoms with Crippen LogP contribution in [0.1, 0.15) is 31.9 Å². The molecular weight excluding hydrogens is 407 g/mol. The Morgan fingerprint density at radius 1 is 1.09 bits per heavy atom. The SMILES string of the molecule is CN1C(=O)C(C)(C)[C@@](C)(c2cc(Nc3ccnn3Cc3ccccc3)ccc2F)N=C1N. The van der Waals surface area contributed by atoms with Crippen LogP contribution < -0.4 is 11.1 Å². The van der Waals surface area contributed by atoms with Gasteiger partial charge in [-0.2, -0.15) is 5.10 Å². The van der Waals surface area contributed by atoms with Crippen molar-refractivity contribution >= 4 is 23.4 Å². The summed E-state index contributed by atoms with van der Waals surface area (Å²) in [6, 6.07) is 16.6. The zero-order valence-electron chi connectivity index (χ0n) is 18.6. The molecule has 2 heterocycles. The summed E-state index contributed by atoms with van der Waals surface area (Å²) >= 11 is 0. The van der Waals surface area contributed by atoms with E-state index in [-0.39, 0.29) is 11.9 Å². The standard InChI is InChI=1S/C24H27FN6O/c1-23(2)21(32)30(4)22(26)29-24(23,3)18-14-17(10-11-19(18)25)28-20-12-13-27-31(20)15-16-8-6-5-7-9-16/h5-14,28H,15H2,1-4H3,(H2,26,29)/t24-/m1/s1. The maximum atomic E-state index is 15.1. The molecule has 7 nitrogen and oxygen atoms in total. The normalized spacial score (nSPS) is 20.2. The van der Waals surface area contributed by atoms with Crippen molar-refractivity contribution in [3.8, 4) is 0 Å². The molecule has 8 heteroatoms. The molecule has 1 aliphatic rings. The molecule has 0 spiro atoms. The van der Waals surface area contributed by atoms with Crippen molar-refractivity contribution < 1.29 is 9.18 Å².